The average molecular weight is 251 g/mol. The van der Waals surface area contributed by atoms with Crippen molar-refractivity contribution in [2.24, 2.45) is 0 Å². The van der Waals surface area contributed by atoms with Crippen LogP contribution < -0.4 is 0 Å². The third-order valence-electron chi connectivity index (χ3n) is 1.85. The van der Waals surface area contributed by atoms with Crippen molar-refractivity contribution in [3.63, 3.8) is 0 Å². The Labute approximate surface area is 96.8 Å². The molecule has 0 heterocycles. The van der Waals surface area contributed by atoms with Gasteiger partial charge in [0, 0.05) is 26.2 Å². The van der Waals surface area contributed by atoms with Crippen molar-refractivity contribution >= 4 is 0 Å². The van der Waals surface area contributed by atoms with E-state index in [4.69, 9.17) is 0 Å². The molecule has 0 aliphatic carbocycles. The number of hydrogen-bond donors (Lipinski definition) is 0. The fourth-order valence-corrected chi connectivity index (χ4v) is 1.13. The minimum atomic E-state index is 0. The third kappa shape index (κ3) is 17.1. The maximum atomic E-state index is 3.82. The summed E-state index contributed by atoms with van der Waals surface area (Å²) in [6.45, 7) is 6.08. The summed E-state index contributed by atoms with van der Waals surface area (Å²) in [5.74, 6) is 0. The Bertz CT molecular complexity index is 49.8. The van der Waals surface area contributed by atoms with Crippen molar-refractivity contribution in [3.8, 4) is 0 Å². The SMILES string of the molecule is O.[CH2-]CCCCCCCCC.[Zr]. The quantitative estimate of drug-likeness (QED) is 0.491. The van der Waals surface area contributed by atoms with E-state index in [1.807, 2.05) is 0 Å². The van der Waals surface area contributed by atoms with Crippen molar-refractivity contribution in [1.29, 1.82) is 0 Å². The summed E-state index contributed by atoms with van der Waals surface area (Å²) < 4.78 is 0. The molecule has 0 unspecified atom stereocenters. The Morgan fingerprint density at radius 3 is 1.67 bits per heavy atom. The number of unbranched alkanes of at least 4 members (excludes halogenated alkanes) is 7. The Kier molecular flexibility index (Phi) is 27.6. The molecule has 2 heteroatoms. The minimum absolute atomic E-state index is 0. The van der Waals surface area contributed by atoms with Crippen LogP contribution in [0, 0.1) is 6.92 Å². The van der Waals surface area contributed by atoms with Crippen LogP contribution in [0.4, 0.5) is 0 Å². The molecule has 2 N–H and O–H groups in total. The fraction of sp³-hybridized carbons (Fsp3) is 0.900. The average Bonchev–Trinajstić information content (AvgIpc) is 1.97. The molecule has 0 fully saturated rings. The molecule has 0 rings (SSSR count). The molecule has 1 nitrogen and oxygen atoms in total. The predicted octanol–water partition coefficient (Wildman–Crippen LogP) is 3.13. The van der Waals surface area contributed by atoms with Crippen LogP contribution >= 0.6 is 0 Å². The first-order valence-corrected chi connectivity index (χ1v) is 4.71. The van der Waals surface area contributed by atoms with Crippen molar-refractivity contribution in [2.45, 2.75) is 58.3 Å². The Balaban J connectivity index is -0.000000405. The van der Waals surface area contributed by atoms with Crippen LogP contribution in [0.5, 0.6) is 0 Å². The van der Waals surface area contributed by atoms with E-state index >= 15 is 0 Å². The summed E-state index contributed by atoms with van der Waals surface area (Å²) in [5.41, 5.74) is 0. The van der Waals surface area contributed by atoms with Gasteiger partial charge in [0.25, 0.3) is 0 Å². The Morgan fingerprint density at radius 1 is 0.833 bits per heavy atom. The van der Waals surface area contributed by atoms with Gasteiger partial charge < -0.3 is 12.4 Å². The van der Waals surface area contributed by atoms with Gasteiger partial charge >= 0.3 is 0 Å². The van der Waals surface area contributed by atoms with E-state index in [1.54, 1.807) is 0 Å². The van der Waals surface area contributed by atoms with Gasteiger partial charge in [-0.25, -0.2) is 0 Å². The first-order valence-electron chi connectivity index (χ1n) is 4.71. The zero-order valence-corrected chi connectivity index (χ0v) is 10.8. The molecule has 12 heavy (non-hydrogen) atoms. The molecule has 0 saturated carbocycles. The van der Waals surface area contributed by atoms with Crippen LogP contribution in [0.15, 0.2) is 0 Å². The number of rotatable bonds is 7. The standard InChI is InChI=1S/C10H21.H2O.Zr/c1-3-5-7-9-10-8-6-4-2;;/h1,3-10H2,2H3;1H2;/q-1;;. The fourth-order valence-electron chi connectivity index (χ4n) is 1.13. The smallest absolute Gasteiger partial charge is 0 e. The first kappa shape index (κ1) is 18.6. The molecule has 0 bridgehead atoms. The van der Waals surface area contributed by atoms with Gasteiger partial charge in [-0.1, -0.05) is 51.9 Å². The molecule has 0 aromatic carbocycles. The van der Waals surface area contributed by atoms with Crippen molar-refractivity contribution in [2.75, 3.05) is 0 Å². The molecule has 0 saturated heterocycles. The van der Waals surface area contributed by atoms with Crippen molar-refractivity contribution < 1.29 is 31.7 Å². The van der Waals surface area contributed by atoms with Gasteiger partial charge in [0.05, 0.1) is 0 Å². The summed E-state index contributed by atoms with van der Waals surface area (Å²) in [5, 5.41) is 0. The summed E-state index contributed by atoms with van der Waals surface area (Å²) >= 11 is 0. The van der Waals surface area contributed by atoms with Crippen LogP contribution in [-0.2, 0) is 26.2 Å². The summed E-state index contributed by atoms with van der Waals surface area (Å²) in [4.78, 5) is 0. The third-order valence-corrected chi connectivity index (χ3v) is 1.85. The van der Waals surface area contributed by atoms with E-state index < -0.39 is 0 Å². The molecule has 74 valence electrons. The molecule has 0 spiro atoms. The minimum Gasteiger partial charge on any atom is -0.412 e. The zero-order valence-electron chi connectivity index (χ0n) is 8.36. The topological polar surface area (TPSA) is 31.5 Å². The van der Waals surface area contributed by atoms with Crippen LogP contribution in [0.2, 0.25) is 0 Å². The van der Waals surface area contributed by atoms with Crippen LogP contribution in [0.1, 0.15) is 58.3 Å². The van der Waals surface area contributed by atoms with Gasteiger partial charge in [-0.05, 0) is 0 Å². The van der Waals surface area contributed by atoms with Crippen LogP contribution in [0.3, 0.4) is 0 Å². The molecular formula is C10H23OZr-. The van der Waals surface area contributed by atoms with Crippen LogP contribution in [0.25, 0.3) is 0 Å². The van der Waals surface area contributed by atoms with Gasteiger partial charge in [-0.15, -0.1) is 0 Å². The first-order chi connectivity index (χ1) is 4.91. The normalized spacial score (nSPS) is 8.50. The van der Waals surface area contributed by atoms with E-state index in [0.29, 0.717) is 0 Å². The van der Waals surface area contributed by atoms with Gasteiger partial charge in [0.2, 0.25) is 0 Å². The molecule has 0 atom stereocenters. The zero-order chi connectivity index (χ0) is 7.66. The van der Waals surface area contributed by atoms with Crippen molar-refractivity contribution in [3.05, 3.63) is 6.92 Å². The van der Waals surface area contributed by atoms with E-state index in [9.17, 15) is 0 Å². The molecule has 0 aliphatic rings. The van der Waals surface area contributed by atoms with E-state index in [-0.39, 0.29) is 31.7 Å². The van der Waals surface area contributed by atoms with Gasteiger partial charge in [0.15, 0.2) is 0 Å². The second-order valence-electron chi connectivity index (χ2n) is 2.97. The molecule has 0 aromatic heterocycles. The van der Waals surface area contributed by atoms with Crippen LogP contribution in [-0.4, -0.2) is 5.48 Å². The van der Waals surface area contributed by atoms with E-state index in [1.165, 1.54) is 44.9 Å². The molecule has 0 radical (unpaired) electrons. The predicted molar refractivity (Wildman–Crippen MR) is 51.6 cm³/mol. The van der Waals surface area contributed by atoms with E-state index in [2.05, 4.69) is 13.8 Å². The summed E-state index contributed by atoms with van der Waals surface area (Å²) in [7, 11) is 0. The Hall–Kier alpha value is 0.843. The summed E-state index contributed by atoms with van der Waals surface area (Å²) in [6, 6.07) is 0. The second-order valence-corrected chi connectivity index (χ2v) is 2.97. The van der Waals surface area contributed by atoms with Gasteiger partial charge in [-0.2, -0.15) is 6.42 Å². The largest absolute Gasteiger partial charge is 0.412 e. The molecule has 0 aliphatic heterocycles. The molecule has 0 amide bonds. The number of hydrogen-bond acceptors (Lipinski definition) is 0. The summed E-state index contributed by atoms with van der Waals surface area (Å²) in [6.07, 6.45) is 10.9. The van der Waals surface area contributed by atoms with E-state index in [0.717, 1.165) is 6.42 Å². The maximum Gasteiger partial charge on any atom is 0 e. The second kappa shape index (κ2) is 17.8. The monoisotopic (exact) mass is 249 g/mol. The van der Waals surface area contributed by atoms with Gasteiger partial charge in [0.1, 0.15) is 0 Å². The maximum absolute atomic E-state index is 3.82. The Morgan fingerprint density at radius 2 is 1.25 bits per heavy atom. The molecule has 0 aromatic rings. The molecular weight excluding hydrogens is 227 g/mol. The van der Waals surface area contributed by atoms with Crippen molar-refractivity contribution in [1.82, 2.24) is 0 Å². The van der Waals surface area contributed by atoms with Gasteiger partial charge in [-0.3, -0.25) is 0 Å².